The minimum absolute atomic E-state index is 0.110. The minimum Gasteiger partial charge on any atom is -0.366 e. The molecule has 9 heteroatoms. The van der Waals surface area contributed by atoms with Crippen LogP contribution >= 0.6 is 0 Å². The lowest BCUT2D eigenvalue weighted by Crippen LogP contribution is -2.26. The molecule has 0 aliphatic rings. The first-order valence-electron chi connectivity index (χ1n) is 10.4. The van der Waals surface area contributed by atoms with Gasteiger partial charge < -0.3 is 5.73 Å². The van der Waals surface area contributed by atoms with Gasteiger partial charge in [0.15, 0.2) is 9.84 Å². The molecule has 2 aromatic carbocycles. The molecule has 0 spiro atoms. The fourth-order valence-corrected chi connectivity index (χ4v) is 5.87. The second kappa shape index (κ2) is 10.9. The van der Waals surface area contributed by atoms with Crippen molar-refractivity contribution >= 4 is 25.8 Å². The third-order valence-electron chi connectivity index (χ3n) is 4.93. The molecule has 0 heterocycles. The smallest absolute Gasteiger partial charge is 0.250 e. The van der Waals surface area contributed by atoms with Crippen molar-refractivity contribution in [2.45, 2.75) is 55.7 Å². The van der Waals surface area contributed by atoms with E-state index in [4.69, 9.17) is 5.73 Å². The van der Waals surface area contributed by atoms with Crippen LogP contribution in [0.15, 0.2) is 52.3 Å². The van der Waals surface area contributed by atoms with E-state index in [1.165, 1.54) is 24.3 Å². The van der Waals surface area contributed by atoms with Gasteiger partial charge in [0, 0.05) is 6.54 Å². The van der Waals surface area contributed by atoms with Gasteiger partial charge in [0.25, 0.3) is 0 Å². The van der Waals surface area contributed by atoms with Crippen molar-refractivity contribution in [3.05, 3.63) is 48.0 Å². The molecule has 0 saturated carbocycles. The van der Waals surface area contributed by atoms with Crippen molar-refractivity contribution in [3.8, 4) is 11.1 Å². The lowest BCUT2D eigenvalue weighted by Gasteiger charge is -2.11. The van der Waals surface area contributed by atoms with Gasteiger partial charge in [0.05, 0.1) is 21.1 Å². The van der Waals surface area contributed by atoms with E-state index in [1.54, 1.807) is 25.1 Å². The Morgan fingerprint density at radius 2 is 1.48 bits per heavy atom. The fourth-order valence-electron chi connectivity index (χ4n) is 3.27. The molecule has 170 valence electrons. The number of unbranched alkanes of at least 4 members (excludes halogenated alkanes) is 4. The second-order valence-electron chi connectivity index (χ2n) is 7.33. The van der Waals surface area contributed by atoms with E-state index in [0.29, 0.717) is 17.5 Å². The molecular formula is C22H30N2O5S2. The SMILES string of the molecule is CCCCCCCS(=O)(=O)c1ccc(-c2ccc(S(=O)(=O)NCC)c(C(N)=O)c2)cc1. The van der Waals surface area contributed by atoms with Crippen molar-refractivity contribution in [2.24, 2.45) is 5.73 Å². The van der Waals surface area contributed by atoms with Crippen LogP contribution in [0.5, 0.6) is 0 Å². The first-order chi connectivity index (χ1) is 14.6. The molecule has 1 amide bonds. The zero-order chi connectivity index (χ0) is 23.1. The van der Waals surface area contributed by atoms with E-state index in [2.05, 4.69) is 11.6 Å². The number of carbonyl (C=O) groups is 1. The largest absolute Gasteiger partial charge is 0.366 e. The van der Waals surface area contributed by atoms with E-state index in [1.807, 2.05) is 0 Å². The van der Waals surface area contributed by atoms with Crippen LogP contribution < -0.4 is 10.5 Å². The summed E-state index contributed by atoms with van der Waals surface area (Å²) in [5.74, 6) is -0.751. The number of nitrogens with one attached hydrogen (secondary N) is 1. The normalized spacial score (nSPS) is 12.1. The molecule has 3 N–H and O–H groups in total. The first-order valence-corrected chi connectivity index (χ1v) is 13.5. The monoisotopic (exact) mass is 466 g/mol. The van der Waals surface area contributed by atoms with Crippen LogP contribution in [0, 0.1) is 0 Å². The molecule has 0 saturated heterocycles. The number of sulfonamides is 1. The average molecular weight is 467 g/mol. The Kier molecular flexibility index (Phi) is 8.79. The molecule has 7 nitrogen and oxygen atoms in total. The summed E-state index contributed by atoms with van der Waals surface area (Å²) in [4.78, 5) is 11.9. The van der Waals surface area contributed by atoms with Crippen molar-refractivity contribution in [3.63, 3.8) is 0 Å². The Morgan fingerprint density at radius 1 is 0.871 bits per heavy atom. The van der Waals surface area contributed by atoms with Crippen molar-refractivity contribution in [1.29, 1.82) is 0 Å². The number of benzene rings is 2. The number of amides is 1. The summed E-state index contributed by atoms with van der Waals surface area (Å²) >= 11 is 0. The molecule has 0 atom stereocenters. The summed E-state index contributed by atoms with van der Waals surface area (Å²) in [5.41, 5.74) is 6.49. The molecule has 2 rings (SSSR count). The average Bonchev–Trinajstić information content (AvgIpc) is 2.73. The van der Waals surface area contributed by atoms with Crippen LogP contribution in [-0.4, -0.2) is 35.0 Å². The van der Waals surface area contributed by atoms with E-state index in [0.717, 1.165) is 25.7 Å². The highest BCUT2D eigenvalue weighted by Gasteiger charge is 2.21. The summed E-state index contributed by atoms with van der Waals surface area (Å²) in [7, 11) is -7.22. The molecule has 0 aliphatic heterocycles. The lowest BCUT2D eigenvalue weighted by atomic mass is 10.0. The number of rotatable bonds is 12. The maximum atomic E-state index is 12.5. The lowest BCUT2D eigenvalue weighted by molar-refractivity contribution is 0.0997. The Hall–Kier alpha value is -2.23. The van der Waals surface area contributed by atoms with Crippen LogP contribution in [-0.2, 0) is 19.9 Å². The van der Waals surface area contributed by atoms with Gasteiger partial charge in [0.2, 0.25) is 15.9 Å². The number of carbonyl (C=O) groups excluding carboxylic acids is 1. The number of primary amides is 1. The van der Waals surface area contributed by atoms with Gasteiger partial charge >= 0.3 is 0 Å². The Labute approximate surface area is 185 Å². The molecule has 31 heavy (non-hydrogen) atoms. The molecule has 0 aliphatic carbocycles. The Balaban J connectivity index is 2.26. The Morgan fingerprint density at radius 3 is 2.06 bits per heavy atom. The van der Waals surface area contributed by atoms with Crippen molar-refractivity contribution in [1.82, 2.24) is 4.72 Å². The summed E-state index contributed by atoms with van der Waals surface area (Å²) < 4.78 is 52.1. The third-order valence-corrected chi connectivity index (χ3v) is 8.35. The van der Waals surface area contributed by atoms with Gasteiger partial charge in [-0.1, -0.05) is 57.7 Å². The summed E-state index contributed by atoms with van der Waals surface area (Å²) in [6.07, 6.45) is 4.77. The number of sulfone groups is 1. The van der Waals surface area contributed by atoms with E-state index in [9.17, 15) is 21.6 Å². The number of hydrogen-bond acceptors (Lipinski definition) is 5. The maximum Gasteiger partial charge on any atom is 0.250 e. The zero-order valence-electron chi connectivity index (χ0n) is 17.9. The van der Waals surface area contributed by atoms with Gasteiger partial charge in [-0.3, -0.25) is 4.79 Å². The van der Waals surface area contributed by atoms with Gasteiger partial charge in [-0.15, -0.1) is 0 Å². The van der Waals surface area contributed by atoms with Gasteiger partial charge in [-0.2, -0.15) is 0 Å². The third kappa shape index (κ3) is 6.62. The molecule has 0 fully saturated rings. The van der Waals surface area contributed by atoms with E-state index < -0.39 is 25.8 Å². The van der Waals surface area contributed by atoms with Crippen LogP contribution in [0.1, 0.15) is 56.3 Å². The van der Waals surface area contributed by atoms with Crippen molar-refractivity contribution < 1.29 is 21.6 Å². The highest BCUT2D eigenvalue weighted by atomic mass is 32.2. The predicted octanol–water partition coefficient (Wildman–Crippen LogP) is 3.49. The summed E-state index contributed by atoms with van der Waals surface area (Å²) in [6.45, 7) is 3.92. The minimum atomic E-state index is -3.86. The molecule has 0 aromatic heterocycles. The van der Waals surface area contributed by atoms with E-state index in [-0.39, 0.29) is 27.7 Å². The molecule has 0 unspecified atom stereocenters. The van der Waals surface area contributed by atoms with Crippen molar-refractivity contribution in [2.75, 3.05) is 12.3 Å². The summed E-state index contributed by atoms with van der Waals surface area (Å²) in [6, 6.07) is 10.6. The van der Waals surface area contributed by atoms with Gasteiger partial charge in [-0.05, 0) is 41.8 Å². The predicted molar refractivity (Wildman–Crippen MR) is 122 cm³/mol. The zero-order valence-corrected chi connectivity index (χ0v) is 19.6. The maximum absolute atomic E-state index is 12.5. The molecule has 0 bridgehead atoms. The number of hydrogen-bond donors (Lipinski definition) is 2. The molecule has 2 aromatic rings. The Bertz CT molecular complexity index is 1110. The quantitative estimate of drug-likeness (QED) is 0.463. The van der Waals surface area contributed by atoms with Crippen LogP contribution in [0.25, 0.3) is 11.1 Å². The first kappa shape index (κ1) is 25.0. The highest BCUT2D eigenvalue weighted by Crippen LogP contribution is 2.26. The fraction of sp³-hybridized carbons (Fsp3) is 0.409. The van der Waals surface area contributed by atoms with Gasteiger partial charge in [0.1, 0.15) is 0 Å². The van der Waals surface area contributed by atoms with Crippen LogP contribution in [0.2, 0.25) is 0 Å². The summed E-state index contributed by atoms with van der Waals surface area (Å²) in [5, 5.41) is 0. The van der Waals surface area contributed by atoms with Gasteiger partial charge in [-0.25, -0.2) is 21.6 Å². The molecule has 0 radical (unpaired) electrons. The van der Waals surface area contributed by atoms with E-state index >= 15 is 0 Å². The number of nitrogens with two attached hydrogens (primary N) is 1. The van der Waals surface area contributed by atoms with Crippen LogP contribution in [0.3, 0.4) is 0 Å². The second-order valence-corrected chi connectivity index (χ2v) is 11.2. The highest BCUT2D eigenvalue weighted by molar-refractivity contribution is 7.91. The van der Waals surface area contributed by atoms with Crippen LogP contribution in [0.4, 0.5) is 0 Å². The molecular weight excluding hydrogens is 436 g/mol. The topological polar surface area (TPSA) is 123 Å². The standard InChI is InChI=1S/C22H30N2O5S2/c1-3-5-6-7-8-15-30(26,27)19-12-9-17(10-13-19)18-11-14-21(20(16-18)22(23)25)31(28,29)24-4-2/h9-14,16,24H,3-8,15H2,1-2H3,(H2,23,25).